The highest BCUT2D eigenvalue weighted by Gasteiger charge is 2.22. The van der Waals surface area contributed by atoms with Crippen molar-refractivity contribution in [3.63, 3.8) is 0 Å². The molecule has 0 spiro atoms. The SMILES string of the molecule is Cc1ccc(CCCN2CCCC(n3nc(Cc4ccc(Cl)cc4)c4ccccc4c3=O)CC2)cc1. The molecule has 5 heteroatoms. The molecule has 0 radical (unpaired) electrons. The molecule has 1 fully saturated rings. The Hall–Kier alpha value is -2.95. The second-order valence-electron chi connectivity index (χ2n) is 10.1. The summed E-state index contributed by atoms with van der Waals surface area (Å²) in [7, 11) is 0. The molecule has 0 amide bonds. The number of aromatic nitrogens is 2. The molecule has 0 aliphatic carbocycles. The van der Waals surface area contributed by atoms with E-state index in [1.165, 1.54) is 11.1 Å². The Kier molecular flexibility index (Phi) is 7.84. The number of hydrogen-bond acceptors (Lipinski definition) is 3. The third kappa shape index (κ3) is 5.88. The molecule has 0 N–H and O–H groups in total. The lowest BCUT2D eigenvalue weighted by Gasteiger charge is -2.21. The molecule has 5 rings (SSSR count). The van der Waals surface area contributed by atoms with Crippen LogP contribution in [0.25, 0.3) is 10.8 Å². The largest absolute Gasteiger partial charge is 0.303 e. The van der Waals surface area contributed by atoms with Crippen LogP contribution in [0.5, 0.6) is 0 Å². The van der Waals surface area contributed by atoms with Crippen LogP contribution in [-0.4, -0.2) is 34.3 Å². The molecule has 1 aromatic heterocycles. The number of likely N-dealkylation sites (tertiary alicyclic amines) is 1. The van der Waals surface area contributed by atoms with Gasteiger partial charge < -0.3 is 4.90 Å². The number of benzene rings is 3. The third-order valence-corrected chi connectivity index (χ3v) is 7.64. The maximum atomic E-state index is 13.5. The molecule has 1 atom stereocenters. The van der Waals surface area contributed by atoms with Gasteiger partial charge in [0, 0.05) is 23.4 Å². The Morgan fingerprint density at radius 3 is 2.39 bits per heavy atom. The molecule has 0 saturated carbocycles. The summed E-state index contributed by atoms with van der Waals surface area (Å²) in [5.74, 6) is 0. The molecule has 4 nitrogen and oxygen atoms in total. The highest BCUT2D eigenvalue weighted by Crippen LogP contribution is 2.24. The van der Waals surface area contributed by atoms with E-state index in [2.05, 4.69) is 36.1 Å². The first kappa shape index (κ1) is 24.7. The second kappa shape index (κ2) is 11.4. The van der Waals surface area contributed by atoms with Gasteiger partial charge in [0.2, 0.25) is 0 Å². The minimum absolute atomic E-state index is 0.0308. The van der Waals surface area contributed by atoms with Gasteiger partial charge in [-0.3, -0.25) is 4.79 Å². The summed E-state index contributed by atoms with van der Waals surface area (Å²) in [6.07, 6.45) is 5.97. The second-order valence-corrected chi connectivity index (χ2v) is 10.5. The van der Waals surface area contributed by atoms with E-state index in [1.807, 2.05) is 48.5 Å². The van der Waals surface area contributed by atoms with Crippen LogP contribution in [0.15, 0.2) is 77.6 Å². The smallest absolute Gasteiger partial charge is 0.274 e. The van der Waals surface area contributed by atoms with Crippen LogP contribution in [0, 0.1) is 6.92 Å². The van der Waals surface area contributed by atoms with Crippen molar-refractivity contribution in [2.45, 2.75) is 51.5 Å². The highest BCUT2D eigenvalue weighted by atomic mass is 35.5. The lowest BCUT2D eigenvalue weighted by molar-refractivity contribution is 0.275. The van der Waals surface area contributed by atoms with Crippen molar-refractivity contribution in [2.24, 2.45) is 0 Å². The molecule has 1 unspecified atom stereocenters. The predicted octanol–water partition coefficient (Wildman–Crippen LogP) is 6.61. The van der Waals surface area contributed by atoms with Crippen molar-refractivity contribution in [1.82, 2.24) is 14.7 Å². The summed E-state index contributed by atoms with van der Waals surface area (Å²) in [4.78, 5) is 16.1. The molecule has 36 heavy (non-hydrogen) atoms. The van der Waals surface area contributed by atoms with Gasteiger partial charge in [-0.1, -0.05) is 71.8 Å². The molecule has 1 aliphatic heterocycles. The van der Waals surface area contributed by atoms with E-state index >= 15 is 0 Å². The maximum Gasteiger partial charge on any atom is 0.274 e. The van der Waals surface area contributed by atoms with Gasteiger partial charge in [0.15, 0.2) is 0 Å². The number of fused-ring (bicyclic) bond motifs is 1. The van der Waals surface area contributed by atoms with Gasteiger partial charge in [-0.2, -0.15) is 5.10 Å². The van der Waals surface area contributed by atoms with Crippen LogP contribution >= 0.6 is 11.6 Å². The van der Waals surface area contributed by atoms with E-state index in [-0.39, 0.29) is 11.6 Å². The molecule has 3 aromatic carbocycles. The number of rotatable bonds is 7. The molecule has 1 saturated heterocycles. The summed E-state index contributed by atoms with van der Waals surface area (Å²) in [5, 5.41) is 7.40. The molecule has 186 valence electrons. The fourth-order valence-corrected chi connectivity index (χ4v) is 5.44. The Morgan fingerprint density at radius 1 is 0.889 bits per heavy atom. The summed E-state index contributed by atoms with van der Waals surface area (Å²) in [5.41, 5.74) is 4.84. The lowest BCUT2D eigenvalue weighted by atomic mass is 10.0. The van der Waals surface area contributed by atoms with E-state index < -0.39 is 0 Å². The van der Waals surface area contributed by atoms with Crippen LogP contribution < -0.4 is 5.56 Å². The Morgan fingerprint density at radius 2 is 1.61 bits per heavy atom. The average Bonchev–Trinajstić information content (AvgIpc) is 3.14. The van der Waals surface area contributed by atoms with Crippen LogP contribution in [0.1, 0.15) is 54.1 Å². The van der Waals surface area contributed by atoms with Crippen molar-refractivity contribution in [1.29, 1.82) is 0 Å². The quantitative estimate of drug-likeness (QED) is 0.287. The normalized spacial score (nSPS) is 16.8. The fourth-order valence-electron chi connectivity index (χ4n) is 5.32. The monoisotopic (exact) mass is 499 g/mol. The number of nitrogens with zero attached hydrogens (tertiary/aromatic N) is 3. The Labute approximate surface area is 218 Å². The van der Waals surface area contributed by atoms with Gasteiger partial charge in [-0.25, -0.2) is 4.68 Å². The molecular formula is C31H34ClN3O. The fraction of sp³-hybridized carbons (Fsp3) is 0.355. The number of aryl methyl sites for hydroxylation is 2. The minimum atomic E-state index is 0.0308. The first-order valence-electron chi connectivity index (χ1n) is 13.1. The van der Waals surface area contributed by atoms with E-state index in [1.54, 1.807) is 4.68 Å². The molecule has 0 bridgehead atoms. The summed E-state index contributed by atoms with van der Waals surface area (Å²) < 4.78 is 1.80. The Bertz CT molecular complexity index is 1360. The first-order valence-corrected chi connectivity index (χ1v) is 13.5. The summed E-state index contributed by atoms with van der Waals surface area (Å²) >= 11 is 6.09. The Balaban J connectivity index is 1.31. The van der Waals surface area contributed by atoms with Gasteiger partial charge in [-0.05, 0) is 81.4 Å². The van der Waals surface area contributed by atoms with Gasteiger partial charge in [0.25, 0.3) is 5.56 Å². The van der Waals surface area contributed by atoms with Crippen molar-refractivity contribution >= 4 is 22.4 Å². The molecule has 4 aromatic rings. The molecular weight excluding hydrogens is 466 g/mol. The molecule has 1 aliphatic rings. The predicted molar refractivity (Wildman–Crippen MR) is 149 cm³/mol. The minimum Gasteiger partial charge on any atom is -0.303 e. The van der Waals surface area contributed by atoms with Gasteiger partial charge in [0.05, 0.1) is 17.1 Å². The van der Waals surface area contributed by atoms with Crippen LogP contribution in [0.4, 0.5) is 0 Å². The van der Waals surface area contributed by atoms with E-state index in [4.69, 9.17) is 16.7 Å². The zero-order valence-corrected chi connectivity index (χ0v) is 21.8. The topological polar surface area (TPSA) is 38.1 Å². The van der Waals surface area contributed by atoms with Gasteiger partial charge in [-0.15, -0.1) is 0 Å². The van der Waals surface area contributed by atoms with Gasteiger partial charge >= 0.3 is 0 Å². The lowest BCUT2D eigenvalue weighted by Crippen LogP contribution is -2.30. The highest BCUT2D eigenvalue weighted by molar-refractivity contribution is 6.30. The van der Waals surface area contributed by atoms with Crippen molar-refractivity contribution in [3.05, 3.63) is 111 Å². The van der Waals surface area contributed by atoms with Crippen LogP contribution in [-0.2, 0) is 12.8 Å². The standard InChI is InChI=1S/C31H34ClN3O/c1-23-10-12-24(13-11-23)6-4-19-34-20-5-7-27(18-21-34)35-31(36)29-9-3-2-8-28(29)30(33-35)22-25-14-16-26(32)17-15-25/h2-3,8-17,27H,4-7,18-22H2,1H3. The maximum absolute atomic E-state index is 13.5. The number of hydrogen-bond donors (Lipinski definition) is 0. The van der Waals surface area contributed by atoms with Crippen molar-refractivity contribution < 1.29 is 0 Å². The summed E-state index contributed by atoms with van der Waals surface area (Å²) in [6, 6.07) is 24.8. The molecule has 2 heterocycles. The van der Waals surface area contributed by atoms with Gasteiger partial charge in [0.1, 0.15) is 0 Å². The van der Waals surface area contributed by atoms with Crippen molar-refractivity contribution in [2.75, 3.05) is 19.6 Å². The first-order chi connectivity index (χ1) is 17.6. The number of halogens is 1. The van der Waals surface area contributed by atoms with E-state index in [0.717, 1.165) is 78.8 Å². The zero-order chi connectivity index (χ0) is 24.9. The van der Waals surface area contributed by atoms with E-state index in [0.29, 0.717) is 6.42 Å². The van der Waals surface area contributed by atoms with Crippen LogP contribution in [0.2, 0.25) is 5.02 Å². The average molecular weight is 500 g/mol. The van der Waals surface area contributed by atoms with Crippen molar-refractivity contribution in [3.8, 4) is 0 Å². The zero-order valence-electron chi connectivity index (χ0n) is 21.0. The van der Waals surface area contributed by atoms with E-state index in [9.17, 15) is 4.79 Å². The summed E-state index contributed by atoms with van der Waals surface area (Å²) in [6.45, 7) is 5.33. The third-order valence-electron chi connectivity index (χ3n) is 7.39. The van der Waals surface area contributed by atoms with Crippen LogP contribution in [0.3, 0.4) is 0 Å².